The molecule has 0 aromatic heterocycles. The normalized spacial score (nSPS) is 21.5. The van der Waals surface area contributed by atoms with Gasteiger partial charge in [-0.1, -0.05) is 12.5 Å². The number of likely N-dealkylation sites (tertiary alicyclic amines) is 1. The maximum atomic E-state index is 11.6. The molecule has 1 aliphatic rings. The molecule has 1 heterocycles. The van der Waals surface area contributed by atoms with Crippen LogP contribution in [0.1, 0.15) is 40.0 Å². The van der Waals surface area contributed by atoms with Gasteiger partial charge in [-0.2, -0.15) is 0 Å². The van der Waals surface area contributed by atoms with E-state index in [2.05, 4.69) is 20.8 Å². The predicted molar refractivity (Wildman–Crippen MR) is 60.8 cm³/mol. The van der Waals surface area contributed by atoms with E-state index < -0.39 is 0 Å². The topological polar surface area (TPSA) is 29.5 Å². The molecule has 86 valence electrons. The van der Waals surface area contributed by atoms with E-state index >= 15 is 0 Å². The standard InChI is InChI=1S/C12H21NO2/c1-5-11-10(9(2)3)7-6-8-13(11)12(14)15-4/h11H,5-8H2,1-4H3. The van der Waals surface area contributed by atoms with Gasteiger partial charge in [0.05, 0.1) is 13.2 Å². The second kappa shape index (κ2) is 5.19. The van der Waals surface area contributed by atoms with E-state index in [1.165, 1.54) is 18.3 Å². The fraction of sp³-hybridized carbons (Fsp3) is 0.750. The van der Waals surface area contributed by atoms with Crippen LogP contribution in [-0.4, -0.2) is 30.7 Å². The zero-order valence-electron chi connectivity index (χ0n) is 10.2. The fourth-order valence-electron chi connectivity index (χ4n) is 2.34. The fourth-order valence-corrected chi connectivity index (χ4v) is 2.34. The first-order valence-corrected chi connectivity index (χ1v) is 5.62. The summed E-state index contributed by atoms with van der Waals surface area (Å²) in [5.74, 6) is 0. The largest absolute Gasteiger partial charge is 0.453 e. The lowest BCUT2D eigenvalue weighted by Gasteiger charge is -2.37. The van der Waals surface area contributed by atoms with Crippen LogP contribution in [0.25, 0.3) is 0 Å². The minimum Gasteiger partial charge on any atom is -0.453 e. The molecule has 0 bridgehead atoms. The highest BCUT2D eigenvalue weighted by Crippen LogP contribution is 2.28. The lowest BCUT2D eigenvalue weighted by atomic mass is 9.91. The molecular formula is C12H21NO2. The lowest BCUT2D eigenvalue weighted by Crippen LogP contribution is -2.44. The molecular weight excluding hydrogens is 190 g/mol. The third kappa shape index (κ3) is 2.52. The van der Waals surface area contributed by atoms with E-state index in [0.717, 1.165) is 25.8 Å². The first-order valence-electron chi connectivity index (χ1n) is 5.62. The highest BCUT2D eigenvalue weighted by atomic mass is 16.5. The molecule has 3 heteroatoms. The van der Waals surface area contributed by atoms with Crippen LogP contribution in [-0.2, 0) is 4.74 Å². The molecule has 0 aromatic rings. The van der Waals surface area contributed by atoms with Gasteiger partial charge in [0.2, 0.25) is 0 Å². The molecule has 1 aliphatic heterocycles. The number of hydrogen-bond donors (Lipinski definition) is 0. The van der Waals surface area contributed by atoms with Crippen molar-refractivity contribution in [3.8, 4) is 0 Å². The van der Waals surface area contributed by atoms with Crippen molar-refractivity contribution >= 4 is 6.09 Å². The maximum absolute atomic E-state index is 11.6. The van der Waals surface area contributed by atoms with Gasteiger partial charge in [0.1, 0.15) is 0 Å². The summed E-state index contributed by atoms with van der Waals surface area (Å²) in [7, 11) is 1.45. The van der Waals surface area contributed by atoms with E-state index in [1.807, 2.05) is 4.90 Å². The molecule has 1 rings (SSSR count). The number of ether oxygens (including phenoxy) is 1. The summed E-state index contributed by atoms with van der Waals surface area (Å²) in [5, 5.41) is 0. The Bertz CT molecular complexity index is 267. The van der Waals surface area contributed by atoms with Crippen LogP contribution >= 0.6 is 0 Å². The van der Waals surface area contributed by atoms with Gasteiger partial charge in [0, 0.05) is 6.54 Å². The molecule has 1 saturated heterocycles. The third-order valence-corrected chi connectivity index (χ3v) is 3.06. The molecule has 0 aliphatic carbocycles. The number of methoxy groups -OCH3 is 1. The van der Waals surface area contributed by atoms with Gasteiger partial charge in [0.15, 0.2) is 0 Å². The summed E-state index contributed by atoms with van der Waals surface area (Å²) in [5.41, 5.74) is 2.75. The lowest BCUT2D eigenvalue weighted by molar-refractivity contribution is 0.102. The molecule has 15 heavy (non-hydrogen) atoms. The monoisotopic (exact) mass is 211 g/mol. The van der Waals surface area contributed by atoms with E-state index in [9.17, 15) is 4.79 Å². The van der Waals surface area contributed by atoms with Gasteiger partial charge >= 0.3 is 6.09 Å². The average Bonchev–Trinajstić information content (AvgIpc) is 2.26. The second-order valence-electron chi connectivity index (χ2n) is 4.22. The van der Waals surface area contributed by atoms with Crippen LogP contribution < -0.4 is 0 Å². The zero-order chi connectivity index (χ0) is 11.4. The molecule has 0 saturated carbocycles. The van der Waals surface area contributed by atoms with Gasteiger partial charge in [-0.15, -0.1) is 0 Å². The Kier molecular flexibility index (Phi) is 4.18. The Balaban J connectivity index is 2.90. The summed E-state index contributed by atoms with van der Waals surface area (Å²) in [6.07, 6.45) is 2.94. The van der Waals surface area contributed by atoms with Crippen LogP contribution in [0.5, 0.6) is 0 Å². The predicted octanol–water partition coefficient (Wildman–Crippen LogP) is 2.96. The third-order valence-electron chi connectivity index (χ3n) is 3.06. The van der Waals surface area contributed by atoms with Crippen molar-refractivity contribution in [3.63, 3.8) is 0 Å². The maximum Gasteiger partial charge on any atom is 0.409 e. The van der Waals surface area contributed by atoms with Gasteiger partial charge in [-0.3, -0.25) is 0 Å². The number of nitrogens with zero attached hydrogens (tertiary/aromatic N) is 1. The molecule has 3 nitrogen and oxygen atoms in total. The van der Waals surface area contributed by atoms with Crippen molar-refractivity contribution in [1.82, 2.24) is 4.90 Å². The first-order chi connectivity index (χ1) is 7.11. The summed E-state index contributed by atoms with van der Waals surface area (Å²) in [6, 6.07) is 0.246. The van der Waals surface area contributed by atoms with Crippen molar-refractivity contribution in [2.24, 2.45) is 0 Å². The Morgan fingerprint density at radius 2 is 2.20 bits per heavy atom. The minimum atomic E-state index is -0.194. The molecule has 0 spiro atoms. The van der Waals surface area contributed by atoms with Crippen LogP contribution in [0.4, 0.5) is 4.79 Å². The van der Waals surface area contributed by atoms with Crippen LogP contribution in [0.2, 0.25) is 0 Å². The summed E-state index contributed by atoms with van der Waals surface area (Å²) in [4.78, 5) is 13.4. The Hall–Kier alpha value is -0.990. The summed E-state index contributed by atoms with van der Waals surface area (Å²) in [6.45, 7) is 7.19. The molecule has 1 amide bonds. The van der Waals surface area contributed by atoms with E-state index in [0.29, 0.717) is 0 Å². The van der Waals surface area contributed by atoms with E-state index in [-0.39, 0.29) is 12.1 Å². The van der Waals surface area contributed by atoms with Crippen LogP contribution in [0.15, 0.2) is 11.1 Å². The number of piperidine rings is 1. The minimum absolute atomic E-state index is 0.194. The molecule has 1 fully saturated rings. The number of carbonyl (C=O) groups excluding carboxylic acids is 1. The van der Waals surface area contributed by atoms with E-state index in [1.54, 1.807) is 0 Å². The van der Waals surface area contributed by atoms with Gasteiger partial charge in [-0.25, -0.2) is 4.79 Å². The molecule has 1 atom stereocenters. The molecule has 0 N–H and O–H groups in total. The molecule has 0 radical (unpaired) electrons. The zero-order valence-corrected chi connectivity index (χ0v) is 10.2. The SMILES string of the molecule is CCC1C(=C(C)C)CCCN1C(=O)OC. The van der Waals surface area contributed by atoms with Crippen LogP contribution in [0.3, 0.4) is 0 Å². The van der Waals surface area contributed by atoms with Crippen molar-refractivity contribution in [1.29, 1.82) is 0 Å². The van der Waals surface area contributed by atoms with Crippen molar-refractivity contribution in [2.45, 2.75) is 46.1 Å². The molecule has 1 unspecified atom stereocenters. The van der Waals surface area contributed by atoms with Gasteiger partial charge in [0.25, 0.3) is 0 Å². The average molecular weight is 211 g/mol. The number of rotatable bonds is 1. The molecule has 0 aromatic carbocycles. The smallest absolute Gasteiger partial charge is 0.409 e. The second-order valence-corrected chi connectivity index (χ2v) is 4.22. The van der Waals surface area contributed by atoms with Gasteiger partial charge in [-0.05, 0) is 38.7 Å². The van der Waals surface area contributed by atoms with E-state index in [4.69, 9.17) is 4.74 Å². The highest BCUT2D eigenvalue weighted by Gasteiger charge is 2.29. The van der Waals surface area contributed by atoms with Crippen LogP contribution in [0, 0.1) is 0 Å². The number of carbonyl (C=O) groups is 1. The Morgan fingerprint density at radius 3 is 2.67 bits per heavy atom. The first kappa shape index (κ1) is 12.1. The van der Waals surface area contributed by atoms with Crippen molar-refractivity contribution in [3.05, 3.63) is 11.1 Å². The van der Waals surface area contributed by atoms with Crippen molar-refractivity contribution < 1.29 is 9.53 Å². The number of hydrogen-bond acceptors (Lipinski definition) is 2. The summed E-state index contributed by atoms with van der Waals surface area (Å²) >= 11 is 0. The number of allylic oxidation sites excluding steroid dienone is 1. The summed E-state index contributed by atoms with van der Waals surface area (Å²) < 4.78 is 4.81. The Labute approximate surface area is 92.1 Å². The van der Waals surface area contributed by atoms with Crippen molar-refractivity contribution in [2.75, 3.05) is 13.7 Å². The highest BCUT2D eigenvalue weighted by molar-refractivity contribution is 5.68. The van der Waals surface area contributed by atoms with Gasteiger partial charge < -0.3 is 9.64 Å². The Morgan fingerprint density at radius 1 is 1.53 bits per heavy atom. The number of amides is 1. The quantitative estimate of drug-likeness (QED) is 0.624.